The van der Waals surface area contributed by atoms with Gasteiger partial charge < -0.3 is 4.74 Å². The summed E-state index contributed by atoms with van der Waals surface area (Å²) in [6.45, 7) is 0.166. The molecule has 0 saturated heterocycles. The lowest BCUT2D eigenvalue weighted by Gasteiger charge is -2.08. The van der Waals surface area contributed by atoms with Crippen LogP contribution in [-0.4, -0.2) is 15.0 Å². The van der Waals surface area contributed by atoms with Crippen molar-refractivity contribution in [3.63, 3.8) is 0 Å². The SMILES string of the molecule is Cn1cc(COc2ccc(C(F)(F)F)cc2)nn1. The first-order valence-electron chi connectivity index (χ1n) is 5.10. The number of hydrogen-bond acceptors (Lipinski definition) is 3. The van der Waals surface area contributed by atoms with E-state index in [1.807, 2.05) is 0 Å². The predicted octanol–water partition coefficient (Wildman–Crippen LogP) is 2.41. The van der Waals surface area contributed by atoms with Crippen molar-refractivity contribution < 1.29 is 17.9 Å². The van der Waals surface area contributed by atoms with Crippen LogP contribution in [0.1, 0.15) is 11.3 Å². The second-order valence-electron chi connectivity index (χ2n) is 3.69. The molecule has 0 bridgehead atoms. The Balaban J connectivity index is 1.98. The van der Waals surface area contributed by atoms with Crippen molar-refractivity contribution in [2.45, 2.75) is 12.8 Å². The standard InChI is InChI=1S/C11H10F3N3O/c1-17-6-9(15-16-17)7-18-10-4-2-8(3-5-10)11(12,13)14/h2-6H,7H2,1H3. The summed E-state index contributed by atoms with van der Waals surface area (Å²) in [6, 6.07) is 4.51. The zero-order valence-electron chi connectivity index (χ0n) is 9.48. The average Bonchev–Trinajstić information content (AvgIpc) is 2.72. The van der Waals surface area contributed by atoms with Gasteiger partial charge in [-0.15, -0.1) is 5.10 Å². The van der Waals surface area contributed by atoms with Crippen molar-refractivity contribution in [1.82, 2.24) is 15.0 Å². The minimum atomic E-state index is -4.33. The van der Waals surface area contributed by atoms with E-state index in [2.05, 4.69) is 10.3 Å². The molecule has 7 heteroatoms. The third kappa shape index (κ3) is 2.99. The van der Waals surface area contributed by atoms with Crippen molar-refractivity contribution in [3.05, 3.63) is 41.7 Å². The van der Waals surface area contributed by atoms with Gasteiger partial charge in [0, 0.05) is 7.05 Å². The van der Waals surface area contributed by atoms with Gasteiger partial charge in [-0.3, -0.25) is 4.68 Å². The second-order valence-corrected chi connectivity index (χ2v) is 3.69. The zero-order chi connectivity index (χ0) is 13.2. The van der Waals surface area contributed by atoms with Gasteiger partial charge in [0.25, 0.3) is 0 Å². The Kier molecular flexibility index (Phi) is 3.22. The van der Waals surface area contributed by atoms with E-state index in [0.29, 0.717) is 11.4 Å². The van der Waals surface area contributed by atoms with Crippen LogP contribution in [0.2, 0.25) is 0 Å². The normalized spacial score (nSPS) is 11.6. The lowest BCUT2D eigenvalue weighted by atomic mass is 10.2. The third-order valence-corrected chi connectivity index (χ3v) is 2.22. The highest BCUT2D eigenvalue weighted by Gasteiger charge is 2.29. The van der Waals surface area contributed by atoms with E-state index in [0.717, 1.165) is 12.1 Å². The minimum Gasteiger partial charge on any atom is -0.487 e. The summed E-state index contributed by atoms with van der Waals surface area (Å²) in [4.78, 5) is 0. The molecule has 0 aliphatic rings. The zero-order valence-corrected chi connectivity index (χ0v) is 9.48. The Labute approximate surface area is 101 Å². The molecule has 0 saturated carbocycles. The molecule has 1 aromatic carbocycles. The van der Waals surface area contributed by atoms with Crippen LogP contribution in [0.15, 0.2) is 30.5 Å². The molecule has 0 fully saturated rings. The summed E-state index contributed by atoms with van der Waals surface area (Å²) in [6.07, 6.45) is -2.66. The Morgan fingerprint density at radius 2 is 1.89 bits per heavy atom. The molecule has 2 aromatic rings. The molecule has 1 heterocycles. The van der Waals surface area contributed by atoms with Crippen LogP contribution in [0.25, 0.3) is 0 Å². The molecule has 0 radical (unpaired) electrons. The molecular formula is C11H10F3N3O. The maximum atomic E-state index is 12.3. The number of aryl methyl sites for hydroxylation is 1. The van der Waals surface area contributed by atoms with Gasteiger partial charge >= 0.3 is 6.18 Å². The summed E-state index contributed by atoms with van der Waals surface area (Å²) in [5.41, 5.74) is -0.0910. The molecule has 2 rings (SSSR count). The van der Waals surface area contributed by atoms with Crippen LogP contribution in [-0.2, 0) is 19.8 Å². The Bertz CT molecular complexity index is 519. The first-order valence-corrected chi connectivity index (χ1v) is 5.10. The summed E-state index contributed by atoms with van der Waals surface area (Å²) in [5, 5.41) is 7.51. The highest BCUT2D eigenvalue weighted by molar-refractivity contribution is 5.28. The molecule has 0 aliphatic heterocycles. The fourth-order valence-corrected chi connectivity index (χ4v) is 1.36. The fourth-order valence-electron chi connectivity index (χ4n) is 1.36. The van der Waals surface area contributed by atoms with Gasteiger partial charge in [0.05, 0.1) is 11.8 Å². The lowest BCUT2D eigenvalue weighted by molar-refractivity contribution is -0.137. The Morgan fingerprint density at radius 1 is 1.22 bits per heavy atom. The van der Waals surface area contributed by atoms with Crippen LogP contribution in [0.5, 0.6) is 5.75 Å². The maximum absolute atomic E-state index is 12.3. The third-order valence-electron chi connectivity index (χ3n) is 2.22. The number of rotatable bonds is 3. The molecule has 96 valence electrons. The van der Waals surface area contributed by atoms with Crippen LogP contribution in [0.4, 0.5) is 13.2 Å². The first kappa shape index (κ1) is 12.4. The van der Waals surface area contributed by atoms with E-state index in [1.54, 1.807) is 13.2 Å². The van der Waals surface area contributed by atoms with Gasteiger partial charge in [0.1, 0.15) is 18.1 Å². The van der Waals surface area contributed by atoms with Gasteiger partial charge in [0.15, 0.2) is 0 Å². The van der Waals surface area contributed by atoms with E-state index in [4.69, 9.17) is 4.74 Å². The Morgan fingerprint density at radius 3 is 2.39 bits per heavy atom. The quantitative estimate of drug-likeness (QED) is 0.847. The van der Waals surface area contributed by atoms with Crippen molar-refractivity contribution >= 4 is 0 Å². The first-order chi connectivity index (χ1) is 8.45. The van der Waals surface area contributed by atoms with Crippen LogP contribution < -0.4 is 4.74 Å². The molecule has 0 unspecified atom stereocenters. The van der Waals surface area contributed by atoms with E-state index in [-0.39, 0.29) is 6.61 Å². The van der Waals surface area contributed by atoms with Crippen molar-refractivity contribution in [3.8, 4) is 5.75 Å². The number of aromatic nitrogens is 3. The average molecular weight is 257 g/mol. The summed E-state index contributed by atoms with van der Waals surface area (Å²) in [7, 11) is 1.72. The predicted molar refractivity (Wildman–Crippen MR) is 56.8 cm³/mol. The molecule has 0 atom stereocenters. The molecule has 18 heavy (non-hydrogen) atoms. The number of nitrogens with zero attached hydrogens (tertiary/aromatic N) is 3. The summed E-state index contributed by atoms with van der Waals surface area (Å²) < 4.78 is 43.7. The van der Waals surface area contributed by atoms with Gasteiger partial charge in [-0.1, -0.05) is 5.21 Å². The smallest absolute Gasteiger partial charge is 0.416 e. The van der Waals surface area contributed by atoms with Crippen LogP contribution in [0, 0.1) is 0 Å². The topological polar surface area (TPSA) is 39.9 Å². The fraction of sp³-hybridized carbons (Fsp3) is 0.273. The molecule has 0 aliphatic carbocycles. The van der Waals surface area contributed by atoms with Crippen molar-refractivity contribution in [2.24, 2.45) is 7.05 Å². The number of halogens is 3. The number of alkyl halides is 3. The van der Waals surface area contributed by atoms with Crippen molar-refractivity contribution in [1.29, 1.82) is 0 Å². The summed E-state index contributed by atoms with van der Waals surface area (Å²) in [5.74, 6) is 0.355. The molecule has 4 nitrogen and oxygen atoms in total. The summed E-state index contributed by atoms with van der Waals surface area (Å²) >= 11 is 0. The molecule has 0 N–H and O–H groups in total. The van der Waals surface area contributed by atoms with E-state index < -0.39 is 11.7 Å². The number of ether oxygens (including phenoxy) is 1. The Hall–Kier alpha value is -2.05. The highest BCUT2D eigenvalue weighted by Crippen LogP contribution is 2.30. The molecule has 1 aromatic heterocycles. The monoisotopic (exact) mass is 257 g/mol. The molecule has 0 amide bonds. The maximum Gasteiger partial charge on any atom is 0.416 e. The van der Waals surface area contributed by atoms with Crippen LogP contribution in [0.3, 0.4) is 0 Å². The molecular weight excluding hydrogens is 247 g/mol. The van der Waals surface area contributed by atoms with Gasteiger partial charge in [-0.2, -0.15) is 13.2 Å². The van der Waals surface area contributed by atoms with E-state index >= 15 is 0 Å². The minimum absolute atomic E-state index is 0.166. The van der Waals surface area contributed by atoms with Gasteiger partial charge in [-0.25, -0.2) is 0 Å². The second kappa shape index (κ2) is 4.67. The van der Waals surface area contributed by atoms with Crippen molar-refractivity contribution in [2.75, 3.05) is 0 Å². The number of hydrogen-bond donors (Lipinski definition) is 0. The van der Waals surface area contributed by atoms with E-state index in [9.17, 15) is 13.2 Å². The molecule has 0 spiro atoms. The van der Waals surface area contributed by atoms with Gasteiger partial charge in [0.2, 0.25) is 0 Å². The van der Waals surface area contributed by atoms with E-state index in [1.165, 1.54) is 16.8 Å². The lowest BCUT2D eigenvalue weighted by Crippen LogP contribution is -2.04. The largest absolute Gasteiger partial charge is 0.487 e. The van der Waals surface area contributed by atoms with Crippen LogP contribution >= 0.6 is 0 Å². The van der Waals surface area contributed by atoms with Gasteiger partial charge in [-0.05, 0) is 24.3 Å². The highest BCUT2D eigenvalue weighted by atomic mass is 19.4. The number of benzene rings is 1.